The first-order valence-electron chi connectivity index (χ1n) is 6.17. The van der Waals surface area contributed by atoms with E-state index in [-0.39, 0.29) is 11.6 Å². The third-order valence-electron chi connectivity index (χ3n) is 3.16. The summed E-state index contributed by atoms with van der Waals surface area (Å²) in [6.45, 7) is 0. The molecular formula is C14H11N3O4. The van der Waals surface area contributed by atoms with Gasteiger partial charge in [0.2, 0.25) is 5.91 Å². The summed E-state index contributed by atoms with van der Waals surface area (Å²) in [4.78, 5) is 21.7. The minimum Gasteiger partial charge on any atom is -0.457 e. The van der Waals surface area contributed by atoms with Crippen molar-refractivity contribution >= 4 is 17.3 Å². The molecule has 0 spiro atoms. The first kappa shape index (κ1) is 13.1. The molecule has 1 atom stereocenters. The Morgan fingerprint density at radius 3 is 2.71 bits per heavy atom. The van der Waals surface area contributed by atoms with Gasteiger partial charge in [0.1, 0.15) is 17.5 Å². The molecule has 1 unspecified atom stereocenters. The van der Waals surface area contributed by atoms with E-state index in [1.807, 2.05) is 0 Å². The fourth-order valence-electron chi connectivity index (χ4n) is 2.13. The van der Waals surface area contributed by atoms with Gasteiger partial charge >= 0.3 is 0 Å². The van der Waals surface area contributed by atoms with Crippen molar-refractivity contribution in [2.45, 2.75) is 6.04 Å². The number of nitro groups is 1. The molecule has 0 saturated heterocycles. The van der Waals surface area contributed by atoms with E-state index in [2.05, 4.69) is 5.32 Å². The van der Waals surface area contributed by atoms with Crippen LogP contribution in [0.5, 0.6) is 11.5 Å². The number of nitrogens with one attached hydrogen (secondary N) is 1. The van der Waals surface area contributed by atoms with Crippen molar-refractivity contribution in [3.63, 3.8) is 0 Å². The van der Waals surface area contributed by atoms with Crippen molar-refractivity contribution in [3.8, 4) is 11.5 Å². The Balaban J connectivity index is 1.87. The molecule has 21 heavy (non-hydrogen) atoms. The van der Waals surface area contributed by atoms with E-state index < -0.39 is 11.0 Å². The summed E-state index contributed by atoms with van der Waals surface area (Å²) in [6.07, 6.45) is 0. The molecule has 0 aliphatic carbocycles. The Bertz CT molecular complexity index is 745. The highest BCUT2D eigenvalue weighted by atomic mass is 16.6. The molecule has 1 amide bonds. The van der Waals surface area contributed by atoms with E-state index in [1.54, 1.807) is 30.3 Å². The standard InChI is InChI=1S/C14H11N3O4/c15-13-11-5-4-10(7-12(11)16-14(13)18)21-9-3-1-2-8(6-9)17(19)20/h1-7,13H,15H2,(H,16,18). The largest absolute Gasteiger partial charge is 0.457 e. The summed E-state index contributed by atoms with van der Waals surface area (Å²) in [7, 11) is 0. The molecule has 1 aliphatic heterocycles. The number of carbonyl (C=O) groups is 1. The van der Waals surface area contributed by atoms with Crippen LogP contribution in [0.25, 0.3) is 0 Å². The lowest BCUT2D eigenvalue weighted by Gasteiger charge is -2.07. The second-order valence-electron chi connectivity index (χ2n) is 4.57. The summed E-state index contributed by atoms with van der Waals surface area (Å²) in [5.41, 5.74) is 6.96. The van der Waals surface area contributed by atoms with Crippen LogP contribution in [0, 0.1) is 10.1 Å². The van der Waals surface area contributed by atoms with E-state index in [0.29, 0.717) is 22.7 Å². The SMILES string of the molecule is NC1C(=O)Nc2cc(Oc3cccc([N+](=O)[O-])c3)ccc21. The van der Waals surface area contributed by atoms with Crippen LogP contribution in [0.2, 0.25) is 0 Å². The number of benzene rings is 2. The third kappa shape index (κ3) is 2.41. The van der Waals surface area contributed by atoms with Crippen LogP contribution in [0.3, 0.4) is 0 Å². The second kappa shape index (κ2) is 4.88. The van der Waals surface area contributed by atoms with Crippen LogP contribution in [0.4, 0.5) is 11.4 Å². The summed E-state index contributed by atoms with van der Waals surface area (Å²) >= 11 is 0. The number of anilines is 1. The van der Waals surface area contributed by atoms with Gasteiger partial charge in [-0.2, -0.15) is 0 Å². The number of nitro benzene ring substituents is 1. The number of nitrogens with two attached hydrogens (primary N) is 1. The lowest BCUT2D eigenvalue weighted by molar-refractivity contribution is -0.384. The van der Waals surface area contributed by atoms with Gasteiger partial charge in [-0.05, 0) is 12.1 Å². The zero-order chi connectivity index (χ0) is 15.0. The number of carbonyl (C=O) groups excluding carboxylic acids is 1. The van der Waals surface area contributed by atoms with Gasteiger partial charge in [-0.3, -0.25) is 14.9 Å². The van der Waals surface area contributed by atoms with Crippen LogP contribution < -0.4 is 15.8 Å². The van der Waals surface area contributed by atoms with Crippen molar-refractivity contribution in [3.05, 3.63) is 58.1 Å². The molecule has 0 fully saturated rings. The van der Waals surface area contributed by atoms with Crippen molar-refractivity contribution in [1.29, 1.82) is 0 Å². The molecule has 2 aromatic rings. The van der Waals surface area contributed by atoms with Gasteiger partial charge in [0.15, 0.2) is 0 Å². The number of amides is 1. The fraction of sp³-hybridized carbons (Fsp3) is 0.0714. The zero-order valence-electron chi connectivity index (χ0n) is 10.8. The van der Waals surface area contributed by atoms with Gasteiger partial charge in [-0.1, -0.05) is 12.1 Å². The monoisotopic (exact) mass is 285 g/mol. The average Bonchev–Trinajstić information content (AvgIpc) is 2.74. The molecular weight excluding hydrogens is 274 g/mol. The second-order valence-corrected chi connectivity index (χ2v) is 4.57. The highest BCUT2D eigenvalue weighted by Crippen LogP contribution is 2.34. The molecule has 1 heterocycles. The predicted octanol–water partition coefficient (Wildman–Crippen LogP) is 2.34. The third-order valence-corrected chi connectivity index (χ3v) is 3.16. The Kier molecular flexibility index (Phi) is 3.03. The molecule has 3 N–H and O–H groups in total. The molecule has 0 saturated carbocycles. The van der Waals surface area contributed by atoms with Crippen molar-refractivity contribution in [2.24, 2.45) is 5.73 Å². The Morgan fingerprint density at radius 2 is 1.95 bits per heavy atom. The minimum atomic E-state index is -0.674. The quantitative estimate of drug-likeness (QED) is 0.664. The smallest absolute Gasteiger partial charge is 0.273 e. The molecule has 106 valence electrons. The number of hydrogen-bond acceptors (Lipinski definition) is 5. The van der Waals surface area contributed by atoms with Crippen LogP contribution in [-0.2, 0) is 4.79 Å². The average molecular weight is 285 g/mol. The fourth-order valence-corrected chi connectivity index (χ4v) is 2.13. The number of hydrogen-bond donors (Lipinski definition) is 2. The van der Waals surface area contributed by atoms with Gasteiger partial charge in [0.05, 0.1) is 11.0 Å². The van der Waals surface area contributed by atoms with E-state index in [1.165, 1.54) is 12.1 Å². The minimum absolute atomic E-state index is 0.0519. The maximum absolute atomic E-state index is 11.5. The first-order chi connectivity index (χ1) is 10.0. The van der Waals surface area contributed by atoms with E-state index in [4.69, 9.17) is 10.5 Å². The normalized spacial score (nSPS) is 16.2. The molecule has 0 radical (unpaired) electrons. The van der Waals surface area contributed by atoms with Crippen LogP contribution in [0.1, 0.15) is 11.6 Å². The lowest BCUT2D eigenvalue weighted by atomic mass is 10.1. The highest BCUT2D eigenvalue weighted by molar-refractivity contribution is 6.02. The van der Waals surface area contributed by atoms with Crippen molar-refractivity contribution < 1.29 is 14.5 Å². The van der Waals surface area contributed by atoms with Gasteiger partial charge in [-0.15, -0.1) is 0 Å². The van der Waals surface area contributed by atoms with E-state index >= 15 is 0 Å². The van der Waals surface area contributed by atoms with E-state index in [9.17, 15) is 14.9 Å². The molecule has 0 aromatic heterocycles. The molecule has 7 heteroatoms. The number of non-ortho nitro benzene ring substituents is 1. The van der Waals surface area contributed by atoms with Crippen molar-refractivity contribution in [2.75, 3.05) is 5.32 Å². The Labute approximate surface area is 119 Å². The summed E-state index contributed by atoms with van der Waals surface area (Å²) < 4.78 is 5.57. The molecule has 3 rings (SSSR count). The van der Waals surface area contributed by atoms with Crippen LogP contribution in [-0.4, -0.2) is 10.8 Å². The number of ether oxygens (including phenoxy) is 1. The topological polar surface area (TPSA) is 107 Å². The Hall–Kier alpha value is -2.93. The van der Waals surface area contributed by atoms with Crippen LogP contribution in [0.15, 0.2) is 42.5 Å². The summed E-state index contributed by atoms with van der Waals surface area (Å²) in [6, 6.07) is 10.2. The van der Waals surface area contributed by atoms with Crippen LogP contribution >= 0.6 is 0 Å². The van der Waals surface area contributed by atoms with E-state index in [0.717, 1.165) is 0 Å². The number of rotatable bonds is 3. The Morgan fingerprint density at radius 1 is 1.19 bits per heavy atom. The predicted molar refractivity (Wildman–Crippen MR) is 75.2 cm³/mol. The maximum Gasteiger partial charge on any atom is 0.273 e. The number of nitrogens with zero attached hydrogens (tertiary/aromatic N) is 1. The summed E-state index contributed by atoms with van der Waals surface area (Å²) in [5.74, 6) is 0.541. The molecule has 2 aromatic carbocycles. The molecule has 0 bridgehead atoms. The van der Waals surface area contributed by atoms with Gasteiger partial charge in [0.25, 0.3) is 5.69 Å². The molecule has 7 nitrogen and oxygen atoms in total. The van der Waals surface area contributed by atoms with Gasteiger partial charge < -0.3 is 15.8 Å². The number of fused-ring (bicyclic) bond motifs is 1. The summed E-state index contributed by atoms with van der Waals surface area (Å²) in [5, 5.41) is 13.4. The molecule has 1 aliphatic rings. The zero-order valence-corrected chi connectivity index (χ0v) is 10.8. The maximum atomic E-state index is 11.5. The first-order valence-corrected chi connectivity index (χ1v) is 6.17. The van der Waals surface area contributed by atoms with Gasteiger partial charge in [0, 0.05) is 23.4 Å². The van der Waals surface area contributed by atoms with Gasteiger partial charge in [-0.25, -0.2) is 0 Å². The highest BCUT2D eigenvalue weighted by Gasteiger charge is 2.27. The van der Waals surface area contributed by atoms with Crippen molar-refractivity contribution in [1.82, 2.24) is 0 Å². The lowest BCUT2D eigenvalue weighted by Crippen LogP contribution is -2.19.